The van der Waals surface area contributed by atoms with Crippen LogP contribution in [0, 0.1) is 5.82 Å². The first-order valence-electron chi connectivity index (χ1n) is 11.7. The Balaban J connectivity index is 1.69. The lowest BCUT2D eigenvalue weighted by atomic mass is 9.68. The molecule has 1 saturated heterocycles. The van der Waals surface area contributed by atoms with E-state index in [9.17, 15) is 18.0 Å². The fraction of sp³-hybridized carbons (Fsp3) is 0.500. The molecule has 2 aromatic carbocycles. The lowest BCUT2D eigenvalue weighted by Crippen LogP contribution is -2.60. The highest BCUT2D eigenvalue weighted by molar-refractivity contribution is 7.98. The van der Waals surface area contributed by atoms with Crippen LogP contribution in [0.5, 0.6) is 0 Å². The van der Waals surface area contributed by atoms with Crippen LogP contribution < -0.4 is 5.32 Å². The molecule has 1 aliphatic carbocycles. The molecule has 1 N–H and O–H groups in total. The standard InChI is InChI=1S/C26H31F3N2OS/c1-3-26(28,29)19-10-11-21(22(17-19)33-2)24(32)30-23(18-8-6-9-20(27)16-18)25(12-7-13-25)31-14-4-5-15-31/h6,8-11,16-17,23H,3-5,7,12-15H2,1-2H3,(H,30,32). The van der Waals surface area contributed by atoms with Crippen molar-refractivity contribution in [3.63, 3.8) is 0 Å². The topological polar surface area (TPSA) is 32.3 Å². The number of rotatable bonds is 8. The fourth-order valence-electron chi connectivity index (χ4n) is 5.22. The number of alkyl halides is 2. The molecule has 2 fully saturated rings. The van der Waals surface area contributed by atoms with Crippen LogP contribution in [-0.4, -0.2) is 35.7 Å². The summed E-state index contributed by atoms with van der Waals surface area (Å²) in [6, 6.07) is 10.3. The zero-order chi connectivity index (χ0) is 23.6. The van der Waals surface area contributed by atoms with Gasteiger partial charge in [-0.05, 0) is 81.3 Å². The summed E-state index contributed by atoms with van der Waals surface area (Å²) in [7, 11) is 0. The number of carbonyl (C=O) groups is 1. The van der Waals surface area contributed by atoms with E-state index in [-0.39, 0.29) is 35.3 Å². The number of thioether (sulfide) groups is 1. The molecule has 7 heteroatoms. The monoisotopic (exact) mass is 476 g/mol. The number of nitrogens with one attached hydrogen (secondary N) is 1. The van der Waals surface area contributed by atoms with Crippen LogP contribution in [0.1, 0.15) is 73.0 Å². The first kappa shape index (κ1) is 24.1. The maximum absolute atomic E-state index is 14.2. The second-order valence-corrected chi connectivity index (χ2v) is 9.93. The normalized spacial score (nSPS) is 19.2. The Bertz CT molecular complexity index is 1000. The summed E-state index contributed by atoms with van der Waals surface area (Å²) in [5, 5.41) is 3.20. The third kappa shape index (κ3) is 4.67. The third-order valence-electron chi connectivity index (χ3n) is 7.26. The number of amides is 1. The van der Waals surface area contributed by atoms with Crippen molar-refractivity contribution in [2.24, 2.45) is 0 Å². The van der Waals surface area contributed by atoms with Crippen LogP contribution in [0.3, 0.4) is 0 Å². The molecule has 2 aliphatic rings. The molecule has 1 aliphatic heterocycles. The molecule has 1 unspecified atom stereocenters. The average molecular weight is 477 g/mol. The van der Waals surface area contributed by atoms with Gasteiger partial charge in [-0.1, -0.05) is 25.1 Å². The minimum Gasteiger partial charge on any atom is -0.343 e. The summed E-state index contributed by atoms with van der Waals surface area (Å²) in [5.41, 5.74) is 0.791. The summed E-state index contributed by atoms with van der Waals surface area (Å²) in [6.07, 6.45) is 6.66. The van der Waals surface area contributed by atoms with Gasteiger partial charge in [-0.25, -0.2) is 13.2 Å². The quantitative estimate of drug-likeness (QED) is 0.439. The zero-order valence-electron chi connectivity index (χ0n) is 19.2. The van der Waals surface area contributed by atoms with Crippen LogP contribution >= 0.6 is 11.8 Å². The zero-order valence-corrected chi connectivity index (χ0v) is 20.0. The maximum Gasteiger partial charge on any atom is 0.273 e. The summed E-state index contributed by atoms with van der Waals surface area (Å²) in [4.78, 5) is 16.5. The fourth-order valence-corrected chi connectivity index (χ4v) is 5.85. The first-order chi connectivity index (χ1) is 15.8. The molecule has 0 aromatic heterocycles. The minimum atomic E-state index is -2.94. The number of halogens is 3. The van der Waals surface area contributed by atoms with Crippen molar-refractivity contribution in [2.45, 2.75) is 67.8 Å². The molecule has 2 aromatic rings. The van der Waals surface area contributed by atoms with Gasteiger partial charge in [0.05, 0.1) is 11.6 Å². The lowest BCUT2D eigenvalue weighted by molar-refractivity contribution is -0.00855. The highest BCUT2D eigenvalue weighted by Gasteiger charge is 2.50. The minimum absolute atomic E-state index is 0.0832. The predicted octanol–water partition coefficient (Wildman–Crippen LogP) is 6.54. The van der Waals surface area contributed by atoms with Crippen LogP contribution in [-0.2, 0) is 5.92 Å². The Morgan fingerprint density at radius 1 is 1.15 bits per heavy atom. The lowest BCUT2D eigenvalue weighted by Gasteiger charge is -2.54. The number of nitrogens with zero attached hydrogens (tertiary/aromatic N) is 1. The maximum atomic E-state index is 14.2. The molecule has 0 spiro atoms. The predicted molar refractivity (Wildman–Crippen MR) is 126 cm³/mol. The summed E-state index contributed by atoms with van der Waals surface area (Å²) >= 11 is 1.28. The number of likely N-dealkylation sites (tertiary alicyclic amines) is 1. The van der Waals surface area contributed by atoms with Crippen molar-refractivity contribution in [3.8, 4) is 0 Å². The van der Waals surface area contributed by atoms with E-state index in [1.165, 1.54) is 49.0 Å². The van der Waals surface area contributed by atoms with Crippen molar-refractivity contribution in [1.82, 2.24) is 10.2 Å². The molecule has 0 bridgehead atoms. The smallest absolute Gasteiger partial charge is 0.273 e. The highest BCUT2D eigenvalue weighted by atomic mass is 32.2. The Hall–Kier alpha value is -1.99. The van der Waals surface area contributed by atoms with Crippen molar-refractivity contribution in [1.29, 1.82) is 0 Å². The van der Waals surface area contributed by atoms with E-state index in [0.717, 1.165) is 50.8 Å². The van der Waals surface area contributed by atoms with E-state index in [4.69, 9.17) is 0 Å². The Kier molecular flexibility index (Phi) is 7.10. The molecular formula is C26H31F3N2OS. The van der Waals surface area contributed by atoms with Gasteiger partial charge in [-0.2, -0.15) is 0 Å². The second-order valence-electron chi connectivity index (χ2n) is 9.09. The molecule has 0 radical (unpaired) electrons. The summed E-state index contributed by atoms with van der Waals surface area (Å²) in [5.74, 6) is -3.58. The Morgan fingerprint density at radius 2 is 1.88 bits per heavy atom. The van der Waals surface area contributed by atoms with Crippen LogP contribution in [0.4, 0.5) is 13.2 Å². The van der Waals surface area contributed by atoms with E-state index < -0.39 is 5.92 Å². The third-order valence-corrected chi connectivity index (χ3v) is 8.04. The van der Waals surface area contributed by atoms with E-state index in [2.05, 4.69) is 10.2 Å². The van der Waals surface area contributed by atoms with Crippen LogP contribution in [0.15, 0.2) is 47.4 Å². The Morgan fingerprint density at radius 3 is 2.45 bits per heavy atom. The number of benzene rings is 2. The van der Waals surface area contributed by atoms with Gasteiger partial charge in [0.15, 0.2) is 0 Å². The van der Waals surface area contributed by atoms with E-state index in [1.807, 2.05) is 6.07 Å². The van der Waals surface area contributed by atoms with E-state index in [1.54, 1.807) is 12.3 Å². The van der Waals surface area contributed by atoms with E-state index >= 15 is 0 Å². The van der Waals surface area contributed by atoms with Crippen LogP contribution in [0.25, 0.3) is 0 Å². The molecular weight excluding hydrogens is 445 g/mol. The van der Waals surface area contributed by atoms with Gasteiger partial charge in [0, 0.05) is 22.4 Å². The van der Waals surface area contributed by atoms with Crippen LogP contribution in [0.2, 0.25) is 0 Å². The van der Waals surface area contributed by atoms with E-state index in [0.29, 0.717) is 10.5 Å². The average Bonchev–Trinajstić information content (AvgIpc) is 3.32. The van der Waals surface area contributed by atoms with Gasteiger partial charge in [0.25, 0.3) is 11.8 Å². The van der Waals surface area contributed by atoms with Gasteiger partial charge in [-0.15, -0.1) is 11.8 Å². The molecule has 1 amide bonds. The summed E-state index contributed by atoms with van der Waals surface area (Å²) in [6.45, 7) is 3.39. The number of carbonyl (C=O) groups excluding carboxylic acids is 1. The largest absolute Gasteiger partial charge is 0.343 e. The molecule has 4 rings (SSSR count). The van der Waals surface area contributed by atoms with Crippen molar-refractivity contribution in [2.75, 3.05) is 19.3 Å². The van der Waals surface area contributed by atoms with Crippen molar-refractivity contribution in [3.05, 3.63) is 65.0 Å². The molecule has 178 valence electrons. The molecule has 1 heterocycles. The second kappa shape index (κ2) is 9.71. The Labute approximate surface area is 198 Å². The SMILES string of the molecule is CCC(F)(F)c1ccc(C(=O)NC(c2cccc(F)c2)C2(N3CCCC3)CCC2)c(SC)c1. The van der Waals surface area contributed by atoms with Gasteiger partial charge in [0.2, 0.25) is 0 Å². The number of hydrogen-bond acceptors (Lipinski definition) is 3. The molecule has 1 saturated carbocycles. The first-order valence-corrected chi connectivity index (χ1v) is 12.9. The van der Waals surface area contributed by atoms with Crippen molar-refractivity contribution >= 4 is 17.7 Å². The molecule has 33 heavy (non-hydrogen) atoms. The highest BCUT2D eigenvalue weighted by Crippen LogP contribution is 2.48. The van der Waals surface area contributed by atoms with Crippen molar-refractivity contribution < 1.29 is 18.0 Å². The van der Waals surface area contributed by atoms with Gasteiger partial charge >= 0.3 is 0 Å². The van der Waals surface area contributed by atoms with Gasteiger partial charge in [0.1, 0.15) is 5.82 Å². The molecule has 1 atom stereocenters. The summed E-state index contributed by atoms with van der Waals surface area (Å²) < 4.78 is 42.7. The van der Waals surface area contributed by atoms with Gasteiger partial charge in [-0.3, -0.25) is 9.69 Å². The number of hydrogen-bond donors (Lipinski definition) is 1. The van der Waals surface area contributed by atoms with Gasteiger partial charge < -0.3 is 5.32 Å². The molecule has 3 nitrogen and oxygen atoms in total.